The van der Waals surface area contributed by atoms with E-state index in [2.05, 4.69) is 42.9 Å². The zero-order chi connectivity index (χ0) is 18.1. The Hall–Kier alpha value is -1.22. The van der Waals surface area contributed by atoms with E-state index in [1.807, 2.05) is 18.2 Å². The van der Waals surface area contributed by atoms with Gasteiger partial charge in [-0.1, -0.05) is 0 Å². The number of anilines is 1. The molecule has 7 heteroatoms. The summed E-state index contributed by atoms with van der Waals surface area (Å²) in [6.45, 7) is 10.6. The molecule has 0 heterocycles. The fourth-order valence-electron chi connectivity index (χ4n) is 2.67. The minimum absolute atomic E-state index is 0. The first-order chi connectivity index (χ1) is 11.4. The first-order valence-corrected chi connectivity index (χ1v) is 8.43. The van der Waals surface area contributed by atoms with E-state index in [1.54, 1.807) is 14.2 Å². The minimum atomic E-state index is 0. The molecular weight excluding hydrogens is 431 g/mol. The van der Waals surface area contributed by atoms with E-state index in [-0.39, 0.29) is 24.0 Å². The Labute approximate surface area is 169 Å². The number of hydrogen-bond acceptors (Lipinski definition) is 4. The Morgan fingerprint density at radius 3 is 2.24 bits per heavy atom. The van der Waals surface area contributed by atoms with Crippen molar-refractivity contribution in [1.29, 1.82) is 0 Å². The van der Waals surface area contributed by atoms with Crippen LogP contribution in [0.3, 0.4) is 0 Å². The second-order valence-electron chi connectivity index (χ2n) is 6.24. The fraction of sp³-hybridized carbons (Fsp3) is 0.611. The average molecular weight is 464 g/mol. The quantitative estimate of drug-likeness (QED) is 0.253. The summed E-state index contributed by atoms with van der Waals surface area (Å²) in [6, 6.07) is 6.62. The van der Waals surface area contributed by atoms with Crippen molar-refractivity contribution in [2.75, 3.05) is 32.6 Å². The van der Waals surface area contributed by atoms with Gasteiger partial charge in [-0.3, -0.25) is 9.89 Å². The molecule has 0 unspecified atom stereocenters. The summed E-state index contributed by atoms with van der Waals surface area (Å²) in [5.74, 6) is 1.74. The molecule has 0 amide bonds. The number of hydrogen-bond donors (Lipinski definition) is 2. The molecule has 0 aliphatic heterocycles. The predicted molar refractivity (Wildman–Crippen MR) is 117 cm³/mol. The highest BCUT2D eigenvalue weighted by Crippen LogP contribution is 2.29. The zero-order valence-electron chi connectivity index (χ0n) is 16.2. The van der Waals surface area contributed by atoms with Crippen molar-refractivity contribution < 1.29 is 9.47 Å². The number of nitrogens with two attached hydrogens (primary N) is 1. The van der Waals surface area contributed by atoms with Crippen molar-refractivity contribution in [3.05, 3.63) is 18.2 Å². The first-order valence-electron chi connectivity index (χ1n) is 8.43. The van der Waals surface area contributed by atoms with Crippen LogP contribution in [-0.4, -0.2) is 50.3 Å². The molecule has 1 aromatic rings. The lowest BCUT2D eigenvalue weighted by atomic mass is 10.2. The number of rotatable bonds is 9. The number of guanidine groups is 1. The molecule has 0 aromatic heterocycles. The Kier molecular flexibility index (Phi) is 11.6. The van der Waals surface area contributed by atoms with Crippen LogP contribution in [0.25, 0.3) is 0 Å². The van der Waals surface area contributed by atoms with Gasteiger partial charge in [0.25, 0.3) is 0 Å². The monoisotopic (exact) mass is 464 g/mol. The Bertz CT molecular complexity index is 528. The molecule has 0 saturated carbocycles. The third-order valence-corrected chi connectivity index (χ3v) is 3.84. The lowest BCUT2D eigenvalue weighted by molar-refractivity contribution is 0.174. The van der Waals surface area contributed by atoms with Gasteiger partial charge in [-0.2, -0.15) is 0 Å². The maximum absolute atomic E-state index is 5.96. The van der Waals surface area contributed by atoms with Crippen LogP contribution in [0, 0.1) is 0 Å². The lowest BCUT2D eigenvalue weighted by Gasteiger charge is -2.30. The SMILES string of the molecule is COc1ccc(NC(N)=NCCCN(C(C)C)C(C)C)cc1OC.I. The molecule has 0 aliphatic rings. The molecule has 0 saturated heterocycles. The summed E-state index contributed by atoms with van der Waals surface area (Å²) in [5.41, 5.74) is 6.78. The number of benzene rings is 1. The molecular formula is C18H33IN4O2. The van der Waals surface area contributed by atoms with Gasteiger partial charge in [0.2, 0.25) is 0 Å². The topological polar surface area (TPSA) is 72.1 Å². The Morgan fingerprint density at radius 1 is 1.12 bits per heavy atom. The van der Waals surface area contributed by atoms with Gasteiger partial charge < -0.3 is 20.5 Å². The Morgan fingerprint density at radius 2 is 1.72 bits per heavy atom. The number of nitrogens with zero attached hydrogens (tertiary/aromatic N) is 2. The standard InChI is InChI=1S/C18H32N4O2.HI/c1-13(2)22(14(3)4)11-7-10-20-18(19)21-15-8-9-16(23-5)17(12-15)24-6;/h8-9,12-14H,7,10-11H2,1-6H3,(H3,19,20,21);1H. The number of nitrogens with one attached hydrogen (secondary N) is 1. The highest BCUT2D eigenvalue weighted by molar-refractivity contribution is 14.0. The van der Waals surface area contributed by atoms with Crippen LogP contribution >= 0.6 is 24.0 Å². The number of methoxy groups -OCH3 is 2. The van der Waals surface area contributed by atoms with Crippen LogP contribution in [-0.2, 0) is 0 Å². The van der Waals surface area contributed by atoms with Crippen molar-refractivity contribution in [2.45, 2.75) is 46.2 Å². The van der Waals surface area contributed by atoms with Crippen molar-refractivity contribution in [1.82, 2.24) is 4.90 Å². The molecule has 144 valence electrons. The summed E-state index contributed by atoms with van der Waals surface area (Å²) in [5, 5.41) is 3.08. The van der Waals surface area contributed by atoms with E-state index >= 15 is 0 Å². The third-order valence-electron chi connectivity index (χ3n) is 3.84. The van der Waals surface area contributed by atoms with Gasteiger partial charge >= 0.3 is 0 Å². The summed E-state index contributed by atoms with van der Waals surface area (Å²) in [4.78, 5) is 6.84. The molecule has 0 bridgehead atoms. The summed E-state index contributed by atoms with van der Waals surface area (Å²) >= 11 is 0. The second-order valence-corrected chi connectivity index (χ2v) is 6.24. The van der Waals surface area contributed by atoms with E-state index in [0.29, 0.717) is 36.1 Å². The fourth-order valence-corrected chi connectivity index (χ4v) is 2.67. The normalized spacial score (nSPS) is 11.6. The largest absolute Gasteiger partial charge is 0.493 e. The van der Waals surface area contributed by atoms with Crippen LogP contribution in [0.4, 0.5) is 5.69 Å². The van der Waals surface area contributed by atoms with Gasteiger partial charge in [0.15, 0.2) is 17.5 Å². The van der Waals surface area contributed by atoms with Crippen LogP contribution in [0.1, 0.15) is 34.1 Å². The molecule has 1 aromatic carbocycles. The summed E-state index contributed by atoms with van der Waals surface area (Å²) in [6.07, 6.45) is 0.977. The molecule has 25 heavy (non-hydrogen) atoms. The maximum atomic E-state index is 5.96. The van der Waals surface area contributed by atoms with E-state index in [1.165, 1.54) is 0 Å². The Balaban J connectivity index is 0.00000576. The van der Waals surface area contributed by atoms with Gasteiger partial charge in [-0.05, 0) is 46.2 Å². The van der Waals surface area contributed by atoms with Crippen LogP contribution in [0.2, 0.25) is 0 Å². The highest BCUT2D eigenvalue weighted by atomic mass is 127. The van der Waals surface area contributed by atoms with E-state index < -0.39 is 0 Å². The van der Waals surface area contributed by atoms with Gasteiger partial charge in [0.1, 0.15) is 0 Å². The van der Waals surface area contributed by atoms with Crippen molar-refractivity contribution in [3.8, 4) is 11.5 Å². The van der Waals surface area contributed by atoms with Gasteiger partial charge in [0, 0.05) is 36.9 Å². The van der Waals surface area contributed by atoms with E-state index in [9.17, 15) is 0 Å². The van der Waals surface area contributed by atoms with Gasteiger partial charge in [-0.25, -0.2) is 0 Å². The van der Waals surface area contributed by atoms with E-state index in [0.717, 1.165) is 18.7 Å². The molecule has 0 radical (unpaired) electrons. The third kappa shape index (κ3) is 8.13. The number of ether oxygens (including phenoxy) is 2. The van der Waals surface area contributed by atoms with Crippen LogP contribution in [0.15, 0.2) is 23.2 Å². The summed E-state index contributed by atoms with van der Waals surface area (Å²) in [7, 11) is 3.21. The van der Waals surface area contributed by atoms with E-state index in [4.69, 9.17) is 15.2 Å². The van der Waals surface area contributed by atoms with Crippen molar-refractivity contribution >= 4 is 35.6 Å². The average Bonchev–Trinajstić information content (AvgIpc) is 2.53. The molecule has 0 spiro atoms. The summed E-state index contributed by atoms with van der Waals surface area (Å²) < 4.78 is 10.5. The molecule has 0 fully saturated rings. The van der Waals surface area contributed by atoms with Crippen molar-refractivity contribution in [2.24, 2.45) is 10.7 Å². The number of aliphatic imine (C=N–C) groups is 1. The van der Waals surface area contributed by atoms with Crippen molar-refractivity contribution in [3.63, 3.8) is 0 Å². The molecule has 0 atom stereocenters. The minimum Gasteiger partial charge on any atom is -0.493 e. The smallest absolute Gasteiger partial charge is 0.193 e. The van der Waals surface area contributed by atoms with Gasteiger partial charge in [0.05, 0.1) is 14.2 Å². The van der Waals surface area contributed by atoms with Crippen LogP contribution in [0.5, 0.6) is 11.5 Å². The van der Waals surface area contributed by atoms with Gasteiger partial charge in [-0.15, -0.1) is 24.0 Å². The second kappa shape index (κ2) is 12.2. The molecule has 0 aliphatic carbocycles. The first kappa shape index (κ1) is 23.8. The van der Waals surface area contributed by atoms with Crippen LogP contribution < -0.4 is 20.5 Å². The predicted octanol–water partition coefficient (Wildman–Crippen LogP) is 3.56. The molecule has 1 rings (SSSR count). The zero-order valence-corrected chi connectivity index (χ0v) is 18.5. The highest BCUT2D eigenvalue weighted by Gasteiger charge is 2.12. The molecule has 3 N–H and O–H groups in total. The molecule has 6 nitrogen and oxygen atoms in total. The number of halogens is 1. The maximum Gasteiger partial charge on any atom is 0.193 e. The lowest BCUT2D eigenvalue weighted by Crippen LogP contribution is -2.38.